The van der Waals surface area contributed by atoms with Crippen LogP contribution in [0.3, 0.4) is 0 Å². The van der Waals surface area contributed by atoms with Crippen molar-refractivity contribution in [1.82, 2.24) is 0 Å². The maximum Gasteiger partial charge on any atom is 0.411 e. The molecule has 1 saturated carbocycles. The van der Waals surface area contributed by atoms with Gasteiger partial charge >= 0.3 is 12.1 Å². The first-order valence-electron chi connectivity index (χ1n) is 9.50. The van der Waals surface area contributed by atoms with Gasteiger partial charge in [-0.25, -0.2) is 9.18 Å². The molecule has 0 unspecified atom stereocenters. The molecular formula is C22H24FNO4. The Hall–Kier alpha value is -2.89. The Morgan fingerprint density at radius 3 is 2.50 bits per heavy atom. The number of hydrogen-bond acceptors (Lipinski definition) is 4. The second-order valence-corrected chi connectivity index (χ2v) is 6.95. The maximum absolute atomic E-state index is 14.6. The minimum Gasteiger partial charge on any atom is -0.465 e. The maximum atomic E-state index is 14.6. The number of amides is 1. The van der Waals surface area contributed by atoms with E-state index in [9.17, 15) is 14.0 Å². The fraction of sp³-hybridized carbons (Fsp3) is 0.364. The van der Waals surface area contributed by atoms with Crippen LogP contribution in [0.25, 0.3) is 0 Å². The Labute approximate surface area is 163 Å². The van der Waals surface area contributed by atoms with Gasteiger partial charge in [0.1, 0.15) is 12.4 Å². The molecule has 1 N–H and O–H groups in total. The van der Waals surface area contributed by atoms with E-state index >= 15 is 0 Å². The summed E-state index contributed by atoms with van der Waals surface area (Å²) in [5.74, 6) is -0.909. The largest absolute Gasteiger partial charge is 0.465 e. The van der Waals surface area contributed by atoms with Gasteiger partial charge in [-0.3, -0.25) is 10.1 Å². The molecule has 0 spiro atoms. The van der Waals surface area contributed by atoms with Crippen molar-refractivity contribution < 1.29 is 23.5 Å². The summed E-state index contributed by atoms with van der Waals surface area (Å²) in [6, 6.07) is 13.6. The summed E-state index contributed by atoms with van der Waals surface area (Å²) in [4.78, 5) is 24.3. The van der Waals surface area contributed by atoms with Crippen molar-refractivity contribution >= 4 is 17.7 Å². The van der Waals surface area contributed by atoms with E-state index in [0.717, 1.165) is 18.4 Å². The number of halogens is 1. The third-order valence-corrected chi connectivity index (χ3v) is 4.82. The van der Waals surface area contributed by atoms with Crippen LogP contribution in [0.15, 0.2) is 48.5 Å². The van der Waals surface area contributed by atoms with Crippen LogP contribution in [-0.2, 0) is 26.3 Å². The number of rotatable bonds is 8. The van der Waals surface area contributed by atoms with Crippen molar-refractivity contribution in [2.45, 2.75) is 44.6 Å². The number of unbranched alkanes of at least 4 members (excludes halogenated alkanes) is 1. The fourth-order valence-electron chi connectivity index (χ4n) is 3.01. The molecular weight excluding hydrogens is 361 g/mol. The molecule has 0 aromatic heterocycles. The summed E-state index contributed by atoms with van der Waals surface area (Å²) >= 11 is 0. The zero-order chi connectivity index (χ0) is 20.0. The van der Waals surface area contributed by atoms with Crippen molar-refractivity contribution in [2.75, 3.05) is 11.9 Å². The predicted molar refractivity (Wildman–Crippen MR) is 103 cm³/mol. The highest BCUT2D eigenvalue weighted by Crippen LogP contribution is 2.50. The van der Waals surface area contributed by atoms with Crippen LogP contribution >= 0.6 is 0 Å². The molecule has 2 aromatic carbocycles. The van der Waals surface area contributed by atoms with Gasteiger partial charge in [0, 0.05) is 11.3 Å². The van der Waals surface area contributed by atoms with Crippen LogP contribution in [-0.4, -0.2) is 18.7 Å². The van der Waals surface area contributed by atoms with Crippen LogP contribution in [0, 0.1) is 5.82 Å². The van der Waals surface area contributed by atoms with E-state index in [2.05, 4.69) is 5.32 Å². The minimum atomic E-state index is -0.885. The van der Waals surface area contributed by atoms with E-state index in [1.165, 1.54) is 12.1 Å². The molecule has 0 atom stereocenters. The van der Waals surface area contributed by atoms with Gasteiger partial charge in [0.05, 0.1) is 12.0 Å². The first-order chi connectivity index (χ1) is 13.5. The third-order valence-electron chi connectivity index (χ3n) is 4.82. The standard InChI is InChI=1S/C22H24FNO4/c1-2-3-13-27-20(25)22(11-12-22)18-10-9-17(14-19(18)23)24-21(26)28-15-16-7-5-4-6-8-16/h4-10,14H,2-3,11-13,15H2,1H3,(H,24,26). The molecule has 3 rings (SSSR count). The van der Waals surface area contributed by atoms with Crippen molar-refractivity contribution in [2.24, 2.45) is 0 Å². The Morgan fingerprint density at radius 2 is 1.86 bits per heavy atom. The minimum absolute atomic E-state index is 0.125. The number of esters is 1. The lowest BCUT2D eigenvalue weighted by atomic mass is 9.95. The van der Waals surface area contributed by atoms with Crippen molar-refractivity contribution in [1.29, 1.82) is 0 Å². The summed E-state index contributed by atoms with van der Waals surface area (Å²) in [7, 11) is 0. The molecule has 0 bridgehead atoms. The van der Waals surface area contributed by atoms with Crippen LogP contribution in [0.1, 0.15) is 43.7 Å². The lowest BCUT2D eigenvalue weighted by molar-refractivity contribution is -0.147. The Balaban J connectivity index is 1.59. The quantitative estimate of drug-likeness (QED) is 0.516. The van der Waals surface area contributed by atoms with Gasteiger partial charge < -0.3 is 9.47 Å². The van der Waals surface area contributed by atoms with Crippen LogP contribution < -0.4 is 5.32 Å². The lowest BCUT2D eigenvalue weighted by Gasteiger charge is -2.16. The monoisotopic (exact) mass is 385 g/mol. The molecule has 5 nitrogen and oxygen atoms in total. The SMILES string of the molecule is CCCCOC(=O)C1(c2ccc(NC(=O)OCc3ccccc3)cc2F)CC1. The number of ether oxygens (including phenoxy) is 2. The van der Waals surface area contributed by atoms with Gasteiger partial charge in [0.15, 0.2) is 0 Å². The second kappa shape index (κ2) is 8.87. The number of benzene rings is 2. The molecule has 1 fully saturated rings. The summed E-state index contributed by atoms with van der Waals surface area (Å²) in [5.41, 5.74) is 0.563. The summed E-state index contributed by atoms with van der Waals surface area (Å²) < 4.78 is 25.1. The van der Waals surface area contributed by atoms with E-state index in [-0.39, 0.29) is 18.3 Å². The third kappa shape index (κ3) is 4.68. The van der Waals surface area contributed by atoms with Gasteiger partial charge in [-0.1, -0.05) is 49.7 Å². The van der Waals surface area contributed by atoms with Gasteiger partial charge in [0.25, 0.3) is 0 Å². The number of nitrogens with one attached hydrogen (secondary N) is 1. The summed E-state index contributed by atoms with van der Waals surface area (Å²) in [5, 5.41) is 2.51. The Kier molecular flexibility index (Phi) is 6.29. The van der Waals surface area contributed by atoms with E-state index in [1.807, 2.05) is 37.3 Å². The molecule has 0 heterocycles. The summed E-state index contributed by atoms with van der Waals surface area (Å²) in [6.07, 6.45) is 2.19. The predicted octanol–water partition coefficient (Wildman–Crippen LogP) is 4.95. The average Bonchev–Trinajstić information content (AvgIpc) is 3.49. The average molecular weight is 385 g/mol. The zero-order valence-electron chi connectivity index (χ0n) is 15.9. The molecule has 28 heavy (non-hydrogen) atoms. The van der Waals surface area contributed by atoms with Gasteiger partial charge in [0.2, 0.25) is 0 Å². The highest BCUT2D eigenvalue weighted by molar-refractivity contribution is 5.88. The lowest BCUT2D eigenvalue weighted by Crippen LogP contribution is -2.25. The van der Waals surface area contributed by atoms with E-state index in [4.69, 9.17) is 9.47 Å². The van der Waals surface area contributed by atoms with E-state index in [1.54, 1.807) is 6.07 Å². The summed E-state index contributed by atoms with van der Waals surface area (Å²) in [6.45, 7) is 2.49. The van der Waals surface area contributed by atoms with E-state index < -0.39 is 17.3 Å². The molecule has 1 amide bonds. The van der Waals surface area contributed by atoms with Crippen LogP contribution in [0.4, 0.5) is 14.9 Å². The fourth-order valence-corrected chi connectivity index (χ4v) is 3.01. The second-order valence-electron chi connectivity index (χ2n) is 6.95. The first-order valence-corrected chi connectivity index (χ1v) is 9.50. The van der Waals surface area contributed by atoms with Gasteiger partial charge in [-0.2, -0.15) is 0 Å². The first kappa shape index (κ1) is 19.9. The molecule has 1 aliphatic carbocycles. The normalized spacial score (nSPS) is 14.2. The number of hydrogen-bond donors (Lipinski definition) is 1. The zero-order valence-corrected chi connectivity index (χ0v) is 15.9. The molecule has 148 valence electrons. The number of carbonyl (C=O) groups excluding carboxylic acids is 2. The molecule has 0 saturated heterocycles. The van der Waals surface area contributed by atoms with Crippen molar-refractivity contribution in [3.8, 4) is 0 Å². The van der Waals surface area contributed by atoms with Crippen LogP contribution in [0.5, 0.6) is 0 Å². The number of carbonyl (C=O) groups is 2. The highest BCUT2D eigenvalue weighted by Gasteiger charge is 2.54. The number of anilines is 1. The van der Waals surface area contributed by atoms with Crippen molar-refractivity contribution in [3.05, 3.63) is 65.5 Å². The topological polar surface area (TPSA) is 64.6 Å². The van der Waals surface area contributed by atoms with Gasteiger partial charge in [-0.05, 0) is 37.0 Å². The molecule has 0 radical (unpaired) electrons. The highest BCUT2D eigenvalue weighted by atomic mass is 19.1. The Bertz CT molecular complexity index is 834. The van der Waals surface area contributed by atoms with Crippen LogP contribution in [0.2, 0.25) is 0 Å². The van der Waals surface area contributed by atoms with Crippen molar-refractivity contribution in [3.63, 3.8) is 0 Å². The Morgan fingerprint density at radius 1 is 1.11 bits per heavy atom. The molecule has 0 aliphatic heterocycles. The molecule has 1 aliphatic rings. The smallest absolute Gasteiger partial charge is 0.411 e. The van der Waals surface area contributed by atoms with Gasteiger partial charge in [-0.15, -0.1) is 0 Å². The van der Waals surface area contributed by atoms with E-state index in [0.29, 0.717) is 25.0 Å². The molecule has 2 aromatic rings. The molecule has 6 heteroatoms.